The van der Waals surface area contributed by atoms with E-state index in [2.05, 4.69) is 23.7 Å². The molecule has 1 N–H and O–H groups in total. The van der Waals surface area contributed by atoms with E-state index in [1.165, 1.54) is 17.7 Å². The molecule has 1 aliphatic carbocycles. The molecule has 1 aromatic rings. The number of nitrogens with one attached hydrogen (secondary N) is 1. The molecule has 0 radical (unpaired) electrons. The van der Waals surface area contributed by atoms with Crippen molar-refractivity contribution in [3.8, 4) is 5.75 Å². The normalized spacial score (nSPS) is 20.0. The second kappa shape index (κ2) is 7.54. The SMILES string of the molecule is CSc1ccc(OCC2CC2)c(B2OCCNCCO2)c1. The number of benzene rings is 1. The molecule has 0 atom stereocenters. The summed E-state index contributed by atoms with van der Waals surface area (Å²) in [4.78, 5) is 1.20. The number of hydrogen-bond acceptors (Lipinski definition) is 5. The first-order valence-electron chi connectivity index (χ1n) is 7.61. The average Bonchev–Trinajstić information content (AvgIpc) is 3.29. The first-order chi connectivity index (χ1) is 10.4. The van der Waals surface area contributed by atoms with Crippen molar-refractivity contribution < 1.29 is 14.0 Å². The zero-order chi connectivity index (χ0) is 14.5. The lowest BCUT2D eigenvalue weighted by molar-refractivity contribution is 0.186. The third-order valence-corrected chi connectivity index (χ3v) is 4.46. The number of hydrogen-bond donors (Lipinski definition) is 1. The summed E-state index contributed by atoms with van der Waals surface area (Å²) in [5.41, 5.74) is 1.02. The van der Waals surface area contributed by atoms with Crippen LogP contribution in [0, 0.1) is 5.92 Å². The van der Waals surface area contributed by atoms with Gasteiger partial charge in [-0.2, -0.15) is 0 Å². The Labute approximate surface area is 131 Å². The summed E-state index contributed by atoms with van der Waals surface area (Å²) >= 11 is 1.72. The molecular weight excluding hydrogens is 285 g/mol. The predicted octanol–water partition coefficient (Wildman–Crippen LogP) is 1.53. The highest BCUT2D eigenvalue weighted by molar-refractivity contribution is 7.98. The maximum atomic E-state index is 6.00. The third-order valence-electron chi connectivity index (χ3n) is 3.74. The molecule has 4 nitrogen and oxygen atoms in total. The van der Waals surface area contributed by atoms with Crippen molar-refractivity contribution in [2.45, 2.75) is 17.7 Å². The molecule has 1 heterocycles. The van der Waals surface area contributed by atoms with Crippen LogP contribution in [0.25, 0.3) is 0 Å². The summed E-state index contributed by atoms with van der Waals surface area (Å²) in [5.74, 6) is 1.64. The van der Waals surface area contributed by atoms with Crippen LogP contribution in [0.2, 0.25) is 0 Å². The fraction of sp³-hybridized carbons (Fsp3) is 0.600. The van der Waals surface area contributed by atoms with Crippen molar-refractivity contribution in [1.82, 2.24) is 5.32 Å². The highest BCUT2D eigenvalue weighted by atomic mass is 32.2. The van der Waals surface area contributed by atoms with Gasteiger partial charge in [-0.25, -0.2) is 0 Å². The lowest BCUT2D eigenvalue weighted by Gasteiger charge is -2.21. The van der Waals surface area contributed by atoms with Crippen molar-refractivity contribution in [3.05, 3.63) is 18.2 Å². The maximum Gasteiger partial charge on any atom is 0.497 e. The molecule has 1 saturated carbocycles. The van der Waals surface area contributed by atoms with Crippen LogP contribution >= 0.6 is 11.8 Å². The van der Waals surface area contributed by atoms with Crippen LogP contribution in [-0.2, 0) is 9.31 Å². The Balaban J connectivity index is 1.77. The van der Waals surface area contributed by atoms with Gasteiger partial charge in [-0.3, -0.25) is 0 Å². The molecule has 2 aliphatic rings. The summed E-state index contributed by atoms with van der Waals surface area (Å²) in [6.45, 7) is 3.83. The molecular formula is C15H22BNO3S. The molecule has 0 unspecified atom stereocenters. The molecule has 0 spiro atoms. The average molecular weight is 307 g/mol. The van der Waals surface area contributed by atoms with Gasteiger partial charge in [0.2, 0.25) is 0 Å². The van der Waals surface area contributed by atoms with E-state index < -0.39 is 0 Å². The van der Waals surface area contributed by atoms with Crippen LogP contribution in [0.1, 0.15) is 12.8 Å². The second-order valence-corrected chi connectivity index (χ2v) is 6.36. The molecule has 1 aromatic carbocycles. The minimum absolute atomic E-state index is 0.326. The summed E-state index contributed by atoms with van der Waals surface area (Å²) in [6.07, 6.45) is 4.66. The standard InChI is InChI=1S/C15H22BNO3S/c1-21-13-4-5-15(18-11-12-2-3-12)14(10-13)16-19-8-6-17-7-9-20-16/h4-5,10,12,17H,2-3,6-9,11H2,1H3. The second-order valence-electron chi connectivity index (χ2n) is 5.48. The molecule has 2 fully saturated rings. The van der Waals surface area contributed by atoms with E-state index in [4.69, 9.17) is 14.0 Å². The molecule has 3 rings (SSSR count). The van der Waals surface area contributed by atoms with Crippen molar-refractivity contribution in [3.63, 3.8) is 0 Å². The van der Waals surface area contributed by atoms with E-state index in [1.54, 1.807) is 11.8 Å². The Bertz CT molecular complexity index is 462. The molecule has 0 aromatic heterocycles. The zero-order valence-corrected chi connectivity index (χ0v) is 13.3. The predicted molar refractivity (Wildman–Crippen MR) is 86.6 cm³/mol. The van der Waals surface area contributed by atoms with Gasteiger partial charge in [0.1, 0.15) is 5.75 Å². The number of thioether (sulfide) groups is 1. The number of rotatable bonds is 5. The minimum atomic E-state index is -0.326. The Hall–Kier alpha value is -0.685. The monoisotopic (exact) mass is 307 g/mol. The van der Waals surface area contributed by atoms with Crippen molar-refractivity contribution in [2.24, 2.45) is 5.92 Å². The molecule has 1 aliphatic heterocycles. The van der Waals surface area contributed by atoms with Crippen LogP contribution < -0.4 is 15.5 Å². The first-order valence-corrected chi connectivity index (χ1v) is 8.84. The zero-order valence-electron chi connectivity index (χ0n) is 12.5. The summed E-state index contributed by atoms with van der Waals surface area (Å²) in [7, 11) is -0.326. The van der Waals surface area contributed by atoms with E-state index >= 15 is 0 Å². The van der Waals surface area contributed by atoms with Crippen LogP contribution in [0.15, 0.2) is 23.1 Å². The molecule has 1 saturated heterocycles. The fourth-order valence-corrected chi connectivity index (χ4v) is 2.74. The molecule has 21 heavy (non-hydrogen) atoms. The van der Waals surface area contributed by atoms with Gasteiger partial charge in [0.05, 0.1) is 6.61 Å². The van der Waals surface area contributed by atoms with E-state index in [-0.39, 0.29) is 7.12 Å². The molecule has 0 bridgehead atoms. The quantitative estimate of drug-likeness (QED) is 0.660. The van der Waals surface area contributed by atoms with Gasteiger partial charge >= 0.3 is 7.12 Å². The topological polar surface area (TPSA) is 39.7 Å². The van der Waals surface area contributed by atoms with E-state index in [0.717, 1.165) is 36.8 Å². The van der Waals surface area contributed by atoms with Crippen molar-refractivity contribution in [1.29, 1.82) is 0 Å². The van der Waals surface area contributed by atoms with Gasteiger partial charge < -0.3 is 19.4 Å². The Kier molecular flexibility index (Phi) is 5.46. The third kappa shape index (κ3) is 4.39. The van der Waals surface area contributed by atoms with Crippen LogP contribution in [0.4, 0.5) is 0 Å². The molecule has 6 heteroatoms. The van der Waals surface area contributed by atoms with Gasteiger partial charge in [-0.05, 0) is 43.2 Å². The Morgan fingerprint density at radius 1 is 1.29 bits per heavy atom. The number of ether oxygens (including phenoxy) is 1. The summed E-state index contributed by atoms with van der Waals surface area (Å²) in [5, 5.41) is 3.26. The maximum absolute atomic E-state index is 6.00. The van der Waals surface area contributed by atoms with E-state index in [0.29, 0.717) is 13.2 Å². The largest absolute Gasteiger partial charge is 0.497 e. The van der Waals surface area contributed by atoms with Crippen LogP contribution in [0.5, 0.6) is 5.75 Å². The van der Waals surface area contributed by atoms with Crippen molar-refractivity contribution in [2.75, 3.05) is 39.2 Å². The van der Waals surface area contributed by atoms with Gasteiger partial charge in [0.25, 0.3) is 0 Å². The van der Waals surface area contributed by atoms with Gasteiger partial charge in [-0.15, -0.1) is 11.8 Å². The van der Waals surface area contributed by atoms with E-state index in [9.17, 15) is 0 Å². The van der Waals surface area contributed by atoms with Gasteiger partial charge in [-0.1, -0.05) is 0 Å². The van der Waals surface area contributed by atoms with Gasteiger partial charge in [0.15, 0.2) is 0 Å². The van der Waals surface area contributed by atoms with Crippen LogP contribution in [-0.4, -0.2) is 46.3 Å². The first kappa shape index (κ1) is 15.2. The fourth-order valence-electron chi connectivity index (χ4n) is 2.29. The van der Waals surface area contributed by atoms with Crippen molar-refractivity contribution >= 4 is 24.3 Å². The Morgan fingerprint density at radius 3 is 2.71 bits per heavy atom. The van der Waals surface area contributed by atoms with Gasteiger partial charge in [0, 0.05) is 36.7 Å². The summed E-state index contributed by atoms with van der Waals surface area (Å²) in [6, 6.07) is 6.28. The Morgan fingerprint density at radius 2 is 2.05 bits per heavy atom. The molecule has 0 amide bonds. The molecule has 114 valence electrons. The lowest BCUT2D eigenvalue weighted by Crippen LogP contribution is -2.43. The lowest BCUT2D eigenvalue weighted by atomic mass is 9.78. The highest BCUT2D eigenvalue weighted by Crippen LogP contribution is 2.29. The van der Waals surface area contributed by atoms with E-state index in [1.807, 2.05) is 6.07 Å². The highest BCUT2D eigenvalue weighted by Gasteiger charge is 2.28. The van der Waals surface area contributed by atoms with Crippen LogP contribution in [0.3, 0.4) is 0 Å². The summed E-state index contributed by atoms with van der Waals surface area (Å²) < 4.78 is 17.7. The smallest absolute Gasteiger partial charge is 0.494 e. The minimum Gasteiger partial charge on any atom is -0.494 e.